The Kier molecular flexibility index (Phi) is 19.7. The van der Waals surface area contributed by atoms with Crippen LogP contribution < -0.4 is 0 Å². The van der Waals surface area contributed by atoms with Crippen LogP contribution in [0.3, 0.4) is 0 Å². The first kappa shape index (κ1) is 35.5. The van der Waals surface area contributed by atoms with Gasteiger partial charge in [0.15, 0.2) is 5.78 Å². The van der Waals surface area contributed by atoms with Gasteiger partial charge in [0.2, 0.25) is 0 Å². The predicted octanol–water partition coefficient (Wildman–Crippen LogP) is 7.02. The van der Waals surface area contributed by atoms with Gasteiger partial charge in [0.05, 0.1) is 6.10 Å². The second-order valence-corrected chi connectivity index (χ2v) is 10.8. The minimum absolute atomic E-state index is 0.0275. The second-order valence-electron chi connectivity index (χ2n) is 10.8. The summed E-state index contributed by atoms with van der Waals surface area (Å²) in [5, 5.41) is 9.77. The highest BCUT2D eigenvalue weighted by Gasteiger charge is 2.42. The number of hydrogen-bond donors (Lipinski definition) is 1. The summed E-state index contributed by atoms with van der Waals surface area (Å²) in [4.78, 5) is 12.6. The summed E-state index contributed by atoms with van der Waals surface area (Å²) in [5.41, 5.74) is -0.462. The van der Waals surface area contributed by atoms with Gasteiger partial charge in [-0.15, -0.1) is 0 Å². The summed E-state index contributed by atoms with van der Waals surface area (Å²) >= 11 is 0. The molecule has 6 heteroatoms. The van der Waals surface area contributed by atoms with Crippen molar-refractivity contribution in [3.05, 3.63) is 36.1 Å². The molecule has 1 rings (SSSR count). The van der Waals surface area contributed by atoms with Crippen LogP contribution in [0, 0.1) is 17.8 Å². The lowest BCUT2D eigenvalue weighted by Gasteiger charge is -2.36. The molecule has 1 fully saturated rings. The van der Waals surface area contributed by atoms with Gasteiger partial charge in [0.25, 0.3) is 0 Å². The van der Waals surface area contributed by atoms with Crippen molar-refractivity contribution in [2.45, 2.75) is 105 Å². The van der Waals surface area contributed by atoms with Gasteiger partial charge in [-0.3, -0.25) is 4.79 Å². The average molecular weight is 525 g/mol. The molecule has 0 spiro atoms. The standard InChI is InChI=1S/C26H44O5.C5H12O/c1-7-20(2)14-15-25(31-24-12-10-8-9-11-13-24)16-21(3)17-26(23(5)28,22(4)18-27)30-19-29-6;1-5(2)4-6-3/h14-16,20,22,24,27H,3,7-13,17-19H2,1-2,4-6H3;5H,4H2,1-3H3/b15-14-,25-16+;. The lowest BCUT2D eigenvalue weighted by atomic mass is 9.80. The Hall–Kier alpha value is -1.47. The molecule has 6 nitrogen and oxygen atoms in total. The van der Waals surface area contributed by atoms with E-state index in [1.807, 2.05) is 12.2 Å². The van der Waals surface area contributed by atoms with Gasteiger partial charge in [-0.25, -0.2) is 0 Å². The van der Waals surface area contributed by atoms with Crippen molar-refractivity contribution in [1.82, 2.24) is 0 Å². The first-order chi connectivity index (χ1) is 17.6. The van der Waals surface area contributed by atoms with Crippen LogP contribution >= 0.6 is 0 Å². The highest BCUT2D eigenvalue weighted by Crippen LogP contribution is 2.32. The normalized spacial score (nSPS) is 18.5. The summed E-state index contributed by atoms with van der Waals surface area (Å²) < 4.78 is 22.1. The molecule has 1 saturated carbocycles. The van der Waals surface area contributed by atoms with Gasteiger partial charge in [-0.2, -0.15) is 0 Å². The largest absolute Gasteiger partial charge is 0.490 e. The van der Waals surface area contributed by atoms with Gasteiger partial charge in [-0.1, -0.05) is 66.5 Å². The van der Waals surface area contributed by atoms with E-state index < -0.39 is 11.5 Å². The Labute approximate surface area is 227 Å². The van der Waals surface area contributed by atoms with E-state index in [0.717, 1.165) is 37.2 Å². The van der Waals surface area contributed by atoms with Crippen LogP contribution in [0.25, 0.3) is 0 Å². The number of carbonyl (C=O) groups excluding carboxylic acids is 1. The molecule has 0 radical (unpaired) electrons. The maximum atomic E-state index is 12.6. The van der Waals surface area contributed by atoms with E-state index in [4.69, 9.17) is 18.9 Å². The molecule has 0 aromatic heterocycles. The minimum atomic E-state index is -1.19. The Morgan fingerprint density at radius 3 is 2.14 bits per heavy atom. The highest BCUT2D eigenvalue weighted by molar-refractivity contribution is 5.85. The van der Waals surface area contributed by atoms with Gasteiger partial charge in [-0.05, 0) is 62.2 Å². The van der Waals surface area contributed by atoms with Crippen LogP contribution in [-0.2, 0) is 23.7 Å². The lowest BCUT2D eigenvalue weighted by molar-refractivity contribution is -0.175. The zero-order valence-electron chi connectivity index (χ0n) is 25.0. The molecule has 3 unspecified atom stereocenters. The van der Waals surface area contributed by atoms with Crippen molar-refractivity contribution in [3.63, 3.8) is 0 Å². The predicted molar refractivity (Wildman–Crippen MR) is 152 cm³/mol. The number of carbonyl (C=O) groups is 1. The molecule has 0 saturated heterocycles. The molecular formula is C31H56O6. The maximum Gasteiger partial charge on any atom is 0.162 e. The zero-order valence-corrected chi connectivity index (χ0v) is 25.0. The third-order valence-corrected chi connectivity index (χ3v) is 6.77. The van der Waals surface area contributed by atoms with Crippen LogP contribution in [0.5, 0.6) is 0 Å². The van der Waals surface area contributed by atoms with E-state index in [1.165, 1.54) is 39.7 Å². The first-order valence-corrected chi connectivity index (χ1v) is 14.0. The summed E-state index contributed by atoms with van der Waals surface area (Å²) in [6, 6.07) is 0. The van der Waals surface area contributed by atoms with Crippen molar-refractivity contribution in [3.8, 4) is 0 Å². The van der Waals surface area contributed by atoms with Gasteiger partial charge >= 0.3 is 0 Å². The first-order valence-electron chi connectivity index (χ1n) is 14.0. The highest BCUT2D eigenvalue weighted by atomic mass is 16.7. The fraction of sp³-hybridized carbons (Fsp3) is 0.774. The molecule has 0 bridgehead atoms. The van der Waals surface area contributed by atoms with E-state index in [9.17, 15) is 9.90 Å². The third-order valence-electron chi connectivity index (χ3n) is 6.77. The Balaban J connectivity index is 0.00000192. The number of Topliss-reactive ketones (excluding diaryl/α,β-unsaturated/α-hetero) is 1. The number of aliphatic hydroxyl groups is 1. The van der Waals surface area contributed by atoms with Crippen molar-refractivity contribution < 1.29 is 28.8 Å². The molecule has 0 amide bonds. The number of hydrogen-bond acceptors (Lipinski definition) is 6. The average Bonchev–Trinajstić information content (AvgIpc) is 3.13. The summed E-state index contributed by atoms with van der Waals surface area (Å²) in [7, 11) is 3.24. The van der Waals surface area contributed by atoms with E-state index >= 15 is 0 Å². The molecular weight excluding hydrogens is 468 g/mol. The van der Waals surface area contributed by atoms with Crippen LogP contribution in [0.15, 0.2) is 36.1 Å². The fourth-order valence-corrected chi connectivity index (χ4v) is 4.24. The maximum absolute atomic E-state index is 12.6. The molecule has 0 aliphatic heterocycles. The Morgan fingerprint density at radius 1 is 1.08 bits per heavy atom. The van der Waals surface area contributed by atoms with E-state index in [0.29, 0.717) is 11.8 Å². The number of rotatable bonds is 16. The lowest BCUT2D eigenvalue weighted by Crippen LogP contribution is -2.48. The Morgan fingerprint density at radius 2 is 1.70 bits per heavy atom. The van der Waals surface area contributed by atoms with Crippen molar-refractivity contribution in [1.29, 1.82) is 0 Å². The number of methoxy groups -OCH3 is 2. The minimum Gasteiger partial charge on any atom is -0.490 e. The molecule has 37 heavy (non-hydrogen) atoms. The third kappa shape index (κ3) is 14.9. The van der Waals surface area contributed by atoms with E-state index in [2.05, 4.69) is 40.3 Å². The van der Waals surface area contributed by atoms with Crippen LogP contribution in [0.1, 0.15) is 92.9 Å². The van der Waals surface area contributed by atoms with Gasteiger partial charge < -0.3 is 24.1 Å². The molecule has 0 aromatic rings. The van der Waals surface area contributed by atoms with Crippen molar-refractivity contribution in [2.75, 3.05) is 34.2 Å². The van der Waals surface area contributed by atoms with E-state index in [-0.39, 0.29) is 31.7 Å². The summed E-state index contributed by atoms with van der Waals surface area (Å²) in [5.74, 6) is 1.35. The van der Waals surface area contributed by atoms with Crippen LogP contribution in [0.4, 0.5) is 0 Å². The SMILES string of the molecule is C=C(/C=C(\C=C/C(C)CC)OC1CCCCCC1)CC(OCOC)(C(C)=O)C(C)CO.COCC(C)C. The van der Waals surface area contributed by atoms with E-state index in [1.54, 1.807) is 14.0 Å². The van der Waals surface area contributed by atoms with Crippen LogP contribution in [-0.4, -0.2) is 56.8 Å². The molecule has 216 valence electrons. The molecule has 0 aromatic carbocycles. The van der Waals surface area contributed by atoms with Gasteiger partial charge in [0.1, 0.15) is 18.2 Å². The second kappa shape index (κ2) is 20.5. The monoisotopic (exact) mass is 524 g/mol. The molecule has 1 aliphatic rings. The number of aliphatic hydroxyl groups excluding tert-OH is 1. The molecule has 0 heterocycles. The number of ketones is 1. The number of ether oxygens (including phenoxy) is 4. The Bertz CT molecular complexity index is 675. The number of allylic oxidation sites excluding steroid dienone is 3. The van der Waals surface area contributed by atoms with Crippen LogP contribution in [0.2, 0.25) is 0 Å². The summed E-state index contributed by atoms with van der Waals surface area (Å²) in [6.45, 7) is 16.8. The quantitative estimate of drug-likeness (QED) is 0.101. The van der Waals surface area contributed by atoms with Crippen molar-refractivity contribution >= 4 is 5.78 Å². The smallest absolute Gasteiger partial charge is 0.162 e. The topological polar surface area (TPSA) is 74.2 Å². The molecule has 1 N–H and O–H groups in total. The zero-order chi connectivity index (χ0) is 28.3. The molecule has 3 atom stereocenters. The fourth-order valence-electron chi connectivity index (χ4n) is 4.24. The molecule has 1 aliphatic carbocycles. The summed E-state index contributed by atoms with van der Waals surface area (Å²) in [6.07, 6.45) is 14.7. The van der Waals surface area contributed by atoms with Crippen molar-refractivity contribution in [2.24, 2.45) is 17.8 Å². The van der Waals surface area contributed by atoms with Gasteiger partial charge in [0, 0.05) is 39.8 Å².